The van der Waals surface area contributed by atoms with E-state index in [0.29, 0.717) is 11.9 Å². The minimum Gasteiger partial charge on any atom is -0.361 e. The number of carbonyl (C=O) groups is 1. The van der Waals surface area contributed by atoms with Gasteiger partial charge in [-0.2, -0.15) is 0 Å². The van der Waals surface area contributed by atoms with Crippen molar-refractivity contribution in [1.29, 1.82) is 0 Å². The van der Waals surface area contributed by atoms with Crippen LogP contribution in [0.2, 0.25) is 0 Å². The van der Waals surface area contributed by atoms with Crippen LogP contribution in [-0.2, 0) is 6.42 Å². The molecular formula is C18H18FN3O2. The Hall–Kier alpha value is -2.76. The average molecular weight is 327 g/mol. The van der Waals surface area contributed by atoms with Crippen LogP contribution in [0.25, 0.3) is 10.9 Å². The van der Waals surface area contributed by atoms with Crippen LogP contribution in [0, 0.1) is 19.7 Å². The number of rotatable bonds is 5. The number of fused-ring (bicyclic) bond motifs is 1. The number of benzene rings is 1. The van der Waals surface area contributed by atoms with Crippen LogP contribution in [0.5, 0.6) is 0 Å². The van der Waals surface area contributed by atoms with E-state index in [1.807, 2.05) is 13.8 Å². The maximum atomic E-state index is 13.8. The van der Waals surface area contributed by atoms with Crippen molar-refractivity contribution >= 4 is 16.8 Å². The Morgan fingerprint density at radius 3 is 2.83 bits per heavy atom. The highest BCUT2D eigenvalue weighted by Gasteiger charge is 2.11. The number of hydrogen-bond donors (Lipinski definition) is 1. The molecule has 0 bridgehead atoms. The molecule has 0 fully saturated rings. The van der Waals surface area contributed by atoms with Crippen LogP contribution in [0.4, 0.5) is 4.39 Å². The average Bonchev–Trinajstić information content (AvgIpc) is 2.90. The van der Waals surface area contributed by atoms with Crippen LogP contribution in [-0.4, -0.2) is 22.6 Å². The minimum atomic E-state index is -0.430. The summed E-state index contributed by atoms with van der Waals surface area (Å²) in [7, 11) is 0. The molecule has 0 aliphatic heterocycles. The summed E-state index contributed by atoms with van der Waals surface area (Å²) in [5.74, 6) is 0.0740. The van der Waals surface area contributed by atoms with Crippen LogP contribution in [0.3, 0.4) is 0 Å². The first-order chi connectivity index (χ1) is 11.6. The third kappa shape index (κ3) is 3.27. The van der Waals surface area contributed by atoms with Gasteiger partial charge < -0.3 is 9.84 Å². The number of amides is 1. The molecule has 0 saturated carbocycles. The second-order valence-corrected chi connectivity index (χ2v) is 5.67. The molecule has 6 heteroatoms. The first-order valence-corrected chi connectivity index (χ1v) is 7.81. The van der Waals surface area contributed by atoms with Gasteiger partial charge in [-0.05, 0) is 38.8 Å². The molecule has 5 nitrogen and oxygen atoms in total. The van der Waals surface area contributed by atoms with Gasteiger partial charge in [-0.25, -0.2) is 9.37 Å². The second kappa shape index (κ2) is 6.78. The van der Waals surface area contributed by atoms with Crippen molar-refractivity contribution in [1.82, 2.24) is 15.5 Å². The molecule has 0 unspecified atom stereocenters. The van der Waals surface area contributed by atoms with E-state index in [0.717, 1.165) is 29.9 Å². The quantitative estimate of drug-likeness (QED) is 0.730. The molecule has 3 aromatic rings. The van der Waals surface area contributed by atoms with Crippen LogP contribution in [0.1, 0.15) is 33.9 Å². The molecule has 2 heterocycles. The molecule has 0 radical (unpaired) electrons. The molecule has 124 valence electrons. The van der Waals surface area contributed by atoms with Gasteiger partial charge in [0.05, 0.1) is 5.69 Å². The Balaban J connectivity index is 1.60. The first-order valence-electron chi connectivity index (χ1n) is 7.81. The number of pyridine rings is 1. The van der Waals surface area contributed by atoms with Crippen molar-refractivity contribution in [3.63, 3.8) is 0 Å². The second-order valence-electron chi connectivity index (χ2n) is 5.67. The molecule has 1 N–H and O–H groups in total. The molecule has 1 amide bonds. The summed E-state index contributed by atoms with van der Waals surface area (Å²) in [6.45, 7) is 4.28. The molecule has 24 heavy (non-hydrogen) atoms. The molecule has 0 aliphatic carbocycles. The highest BCUT2D eigenvalue weighted by Crippen LogP contribution is 2.16. The van der Waals surface area contributed by atoms with Gasteiger partial charge in [0.1, 0.15) is 22.8 Å². The standard InChI is InChI=1S/C18H18FN3O2/c1-11-14(12(2)24-22-11)6-4-10-20-18(23)16-9-8-13-5-3-7-15(19)17(13)21-16/h3,5,7-9H,4,6,10H2,1-2H3,(H,20,23). The zero-order chi connectivity index (χ0) is 17.1. The number of nitrogens with zero attached hydrogens (tertiary/aromatic N) is 2. The third-order valence-electron chi connectivity index (χ3n) is 3.97. The number of carbonyl (C=O) groups excluding carboxylic acids is 1. The van der Waals surface area contributed by atoms with Gasteiger partial charge in [-0.3, -0.25) is 4.79 Å². The number of aromatic nitrogens is 2. The molecule has 1 aromatic carbocycles. The van der Waals surface area contributed by atoms with Gasteiger partial charge in [0.2, 0.25) is 0 Å². The number of para-hydroxylation sites is 1. The fourth-order valence-electron chi connectivity index (χ4n) is 2.65. The zero-order valence-corrected chi connectivity index (χ0v) is 13.6. The highest BCUT2D eigenvalue weighted by atomic mass is 19.1. The Morgan fingerprint density at radius 1 is 1.25 bits per heavy atom. The van der Waals surface area contributed by atoms with E-state index in [1.165, 1.54) is 6.07 Å². The Bertz CT molecular complexity index is 870. The summed E-state index contributed by atoms with van der Waals surface area (Å²) < 4.78 is 18.9. The summed E-state index contributed by atoms with van der Waals surface area (Å²) >= 11 is 0. The van der Waals surface area contributed by atoms with E-state index in [9.17, 15) is 9.18 Å². The lowest BCUT2D eigenvalue weighted by Gasteiger charge is -2.06. The fourth-order valence-corrected chi connectivity index (χ4v) is 2.65. The SMILES string of the molecule is Cc1noc(C)c1CCCNC(=O)c1ccc2cccc(F)c2n1. The van der Waals surface area contributed by atoms with Gasteiger partial charge in [0, 0.05) is 17.5 Å². The summed E-state index contributed by atoms with van der Waals surface area (Å²) in [5, 5.41) is 7.39. The van der Waals surface area contributed by atoms with E-state index >= 15 is 0 Å². The summed E-state index contributed by atoms with van der Waals surface area (Å²) in [6, 6.07) is 8.01. The molecule has 0 spiro atoms. The minimum absolute atomic E-state index is 0.209. The Morgan fingerprint density at radius 2 is 2.08 bits per heavy atom. The van der Waals surface area contributed by atoms with Crippen molar-refractivity contribution in [2.75, 3.05) is 6.54 Å². The number of hydrogen-bond acceptors (Lipinski definition) is 4. The van der Waals surface area contributed by atoms with Gasteiger partial charge in [0.15, 0.2) is 0 Å². The van der Waals surface area contributed by atoms with Crippen LogP contribution in [0.15, 0.2) is 34.9 Å². The largest absolute Gasteiger partial charge is 0.361 e. The molecule has 3 rings (SSSR count). The molecule has 2 aromatic heterocycles. The topological polar surface area (TPSA) is 68.0 Å². The molecule has 0 aliphatic rings. The summed E-state index contributed by atoms with van der Waals surface area (Å²) in [5.41, 5.74) is 2.38. The van der Waals surface area contributed by atoms with Crippen LogP contribution >= 0.6 is 0 Å². The van der Waals surface area contributed by atoms with Crippen molar-refractivity contribution in [3.05, 3.63) is 58.9 Å². The maximum absolute atomic E-state index is 13.8. The maximum Gasteiger partial charge on any atom is 0.269 e. The summed E-state index contributed by atoms with van der Waals surface area (Å²) in [4.78, 5) is 16.3. The Labute approximate surface area is 138 Å². The van der Waals surface area contributed by atoms with Crippen molar-refractivity contribution < 1.29 is 13.7 Å². The predicted octanol–water partition coefficient (Wildman–Crippen LogP) is 3.34. The predicted molar refractivity (Wildman–Crippen MR) is 88.3 cm³/mol. The first kappa shape index (κ1) is 16.1. The van der Waals surface area contributed by atoms with E-state index in [1.54, 1.807) is 24.3 Å². The highest BCUT2D eigenvalue weighted by molar-refractivity contribution is 5.94. The van der Waals surface area contributed by atoms with Crippen molar-refractivity contribution in [2.45, 2.75) is 26.7 Å². The van der Waals surface area contributed by atoms with Crippen molar-refractivity contribution in [3.8, 4) is 0 Å². The lowest BCUT2D eigenvalue weighted by atomic mass is 10.1. The van der Waals surface area contributed by atoms with E-state index in [-0.39, 0.29) is 17.1 Å². The van der Waals surface area contributed by atoms with Gasteiger partial charge in [-0.15, -0.1) is 0 Å². The fraction of sp³-hybridized carbons (Fsp3) is 0.278. The number of halogens is 1. The lowest BCUT2D eigenvalue weighted by molar-refractivity contribution is 0.0948. The Kier molecular flexibility index (Phi) is 4.55. The number of nitrogens with one attached hydrogen (secondary N) is 1. The summed E-state index contributed by atoms with van der Waals surface area (Å²) in [6.07, 6.45) is 1.54. The normalized spacial score (nSPS) is 11.0. The third-order valence-corrected chi connectivity index (χ3v) is 3.97. The van der Waals surface area contributed by atoms with Crippen molar-refractivity contribution in [2.24, 2.45) is 0 Å². The zero-order valence-electron chi connectivity index (χ0n) is 13.6. The van der Waals surface area contributed by atoms with E-state index in [4.69, 9.17) is 4.52 Å². The van der Waals surface area contributed by atoms with Gasteiger partial charge in [-0.1, -0.05) is 23.4 Å². The smallest absolute Gasteiger partial charge is 0.269 e. The van der Waals surface area contributed by atoms with Crippen LogP contribution < -0.4 is 5.32 Å². The number of aryl methyl sites for hydroxylation is 2. The monoisotopic (exact) mass is 327 g/mol. The lowest BCUT2D eigenvalue weighted by Crippen LogP contribution is -2.25. The molecule has 0 atom stereocenters. The molecule has 0 saturated heterocycles. The van der Waals surface area contributed by atoms with E-state index in [2.05, 4.69) is 15.5 Å². The molecular weight excluding hydrogens is 309 g/mol. The van der Waals surface area contributed by atoms with E-state index < -0.39 is 5.82 Å². The van der Waals surface area contributed by atoms with Gasteiger partial charge >= 0.3 is 0 Å². The van der Waals surface area contributed by atoms with Gasteiger partial charge in [0.25, 0.3) is 5.91 Å².